The lowest BCUT2D eigenvalue weighted by Gasteiger charge is -2.14. The summed E-state index contributed by atoms with van der Waals surface area (Å²) in [6, 6.07) is 15.0. The second-order valence-corrected chi connectivity index (χ2v) is 8.87. The van der Waals surface area contributed by atoms with Crippen molar-refractivity contribution >= 4 is 69.5 Å². The number of hydrazone groups is 1. The van der Waals surface area contributed by atoms with Gasteiger partial charge in [-0.05, 0) is 95.7 Å². The summed E-state index contributed by atoms with van der Waals surface area (Å²) < 4.78 is 24.9. The van der Waals surface area contributed by atoms with Crippen molar-refractivity contribution in [3.63, 3.8) is 0 Å². The van der Waals surface area contributed by atoms with Gasteiger partial charge in [-0.3, -0.25) is 14.4 Å². The second kappa shape index (κ2) is 13.6. The Balaban J connectivity index is 1.60. The lowest BCUT2D eigenvalue weighted by Crippen LogP contribution is -2.32. The first-order chi connectivity index (χ1) is 17.7. The molecule has 3 N–H and O–H groups in total. The van der Waals surface area contributed by atoms with E-state index in [9.17, 15) is 18.8 Å². The number of anilines is 2. The van der Waals surface area contributed by atoms with Crippen molar-refractivity contribution in [3.05, 3.63) is 80.6 Å². The van der Waals surface area contributed by atoms with E-state index in [0.29, 0.717) is 37.9 Å². The summed E-state index contributed by atoms with van der Waals surface area (Å²) in [6.45, 7) is 1.88. The third kappa shape index (κ3) is 8.72. The summed E-state index contributed by atoms with van der Waals surface area (Å²) in [7, 11) is 0. The highest BCUT2D eigenvalue weighted by Crippen LogP contribution is 2.34. The van der Waals surface area contributed by atoms with Gasteiger partial charge >= 0.3 is 11.8 Å². The molecule has 3 aromatic rings. The van der Waals surface area contributed by atoms with Gasteiger partial charge in [0.15, 0.2) is 18.1 Å². The van der Waals surface area contributed by atoms with Gasteiger partial charge in [0.1, 0.15) is 5.82 Å². The molecule has 12 heteroatoms. The maximum atomic E-state index is 13.0. The highest BCUT2D eigenvalue weighted by atomic mass is 127. The van der Waals surface area contributed by atoms with Gasteiger partial charge in [-0.15, -0.1) is 0 Å². The molecule has 0 aliphatic rings. The zero-order valence-electron chi connectivity index (χ0n) is 19.4. The van der Waals surface area contributed by atoms with Crippen molar-refractivity contribution < 1.29 is 28.2 Å². The Hall–Kier alpha value is -3.71. The second-order valence-electron chi connectivity index (χ2n) is 7.27. The van der Waals surface area contributed by atoms with Crippen LogP contribution in [0.15, 0.2) is 65.8 Å². The third-order valence-electron chi connectivity index (χ3n) is 4.50. The third-order valence-corrected chi connectivity index (χ3v) is 5.55. The van der Waals surface area contributed by atoms with Crippen molar-refractivity contribution in [1.82, 2.24) is 5.43 Å². The fraction of sp³-hybridized carbons (Fsp3) is 0.120. The molecule has 3 amide bonds. The maximum Gasteiger partial charge on any atom is 0.329 e. The lowest BCUT2D eigenvalue weighted by molar-refractivity contribution is -0.136. The van der Waals surface area contributed by atoms with Crippen molar-refractivity contribution in [2.24, 2.45) is 5.10 Å². The van der Waals surface area contributed by atoms with Gasteiger partial charge < -0.3 is 20.1 Å². The van der Waals surface area contributed by atoms with Gasteiger partial charge in [-0.2, -0.15) is 5.10 Å². The van der Waals surface area contributed by atoms with E-state index in [1.807, 2.05) is 22.6 Å². The van der Waals surface area contributed by atoms with Gasteiger partial charge in [0.05, 0.1) is 16.4 Å². The summed E-state index contributed by atoms with van der Waals surface area (Å²) in [4.78, 5) is 36.2. The monoisotopic (exact) mass is 638 g/mol. The quantitative estimate of drug-likeness (QED) is 0.137. The molecule has 0 aromatic heterocycles. The number of halogens is 3. The molecule has 3 aromatic carbocycles. The average molecular weight is 639 g/mol. The van der Waals surface area contributed by atoms with Crippen LogP contribution in [0.5, 0.6) is 11.5 Å². The fourth-order valence-electron chi connectivity index (χ4n) is 2.87. The highest BCUT2D eigenvalue weighted by molar-refractivity contribution is 14.1. The Kier molecular flexibility index (Phi) is 10.2. The molecule has 3 rings (SSSR count). The van der Waals surface area contributed by atoms with Crippen LogP contribution >= 0.6 is 34.2 Å². The molecule has 0 radical (unpaired) electrons. The summed E-state index contributed by atoms with van der Waals surface area (Å²) in [5, 5.41) is 9.40. The minimum atomic E-state index is -1.01. The maximum absolute atomic E-state index is 13.0. The first-order valence-electron chi connectivity index (χ1n) is 10.8. The van der Waals surface area contributed by atoms with Crippen molar-refractivity contribution in [3.8, 4) is 11.5 Å². The standard InChI is InChI=1S/C25H21ClFIN4O5/c1-2-36-21-12-15(13-29-32-25(35)24(34)31-19-9-5-17(27)6-10-19)11-20(28)23(21)37-14-22(33)30-18-7-3-16(26)4-8-18/h3-13H,2,14H2,1H3,(H,30,33)(H,31,34)(H,32,35)/b29-13-. The van der Waals surface area contributed by atoms with E-state index in [-0.39, 0.29) is 18.2 Å². The summed E-state index contributed by atoms with van der Waals surface area (Å²) in [5.41, 5.74) is 3.51. The molecule has 0 heterocycles. The molecule has 192 valence electrons. The van der Waals surface area contributed by atoms with Gasteiger partial charge in [0.25, 0.3) is 5.91 Å². The number of nitrogens with one attached hydrogen (secondary N) is 3. The number of rotatable bonds is 9. The van der Waals surface area contributed by atoms with Crippen molar-refractivity contribution in [1.29, 1.82) is 0 Å². The molecule has 0 aliphatic heterocycles. The molecule has 0 spiro atoms. The number of hydrogen-bond donors (Lipinski definition) is 3. The number of nitrogens with zero attached hydrogens (tertiary/aromatic N) is 1. The number of carbonyl (C=O) groups excluding carboxylic acids is 3. The summed E-state index contributed by atoms with van der Waals surface area (Å²) in [6.07, 6.45) is 1.32. The van der Waals surface area contributed by atoms with Gasteiger partial charge in [-0.25, -0.2) is 9.82 Å². The molecule has 0 bridgehead atoms. The van der Waals surface area contributed by atoms with E-state index in [4.69, 9.17) is 21.1 Å². The number of ether oxygens (including phenoxy) is 2. The van der Waals surface area contributed by atoms with Crippen LogP contribution in [0.3, 0.4) is 0 Å². The van der Waals surface area contributed by atoms with Crippen molar-refractivity contribution in [2.75, 3.05) is 23.8 Å². The van der Waals surface area contributed by atoms with Crippen LogP contribution < -0.4 is 25.5 Å². The van der Waals surface area contributed by atoms with Crippen molar-refractivity contribution in [2.45, 2.75) is 6.92 Å². The van der Waals surface area contributed by atoms with Crippen LogP contribution in [0, 0.1) is 9.39 Å². The van der Waals surface area contributed by atoms with Crippen LogP contribution in [0.1, 0.15) is 12.5 Å². The molecule has 0 aliphatic carbocycles. The smallest absolute Gasteiger partial charge is 0.329 e. The first kappa shape index (κ1) is 27.9. The van der Waals surface area contributed by atoms with Crippen LogP contribution in [-0.4, -0.2) is 37.1 Å². The molecule has 0 saturated heterocycles. The Morgan fingerprint density at radius 2 is 1.62 bits per heavy atom. The van der Waals surface area contributed by atoms with Crippen LogP contribution in [0.4, 0.5) is 15.8 Å². The molecule has 9 nitrogen and oxygen atoms in total. The van der Waals surface area contributed by atoms with Gasteiger partial charge in [-0.1, -0.05) is 11.6 Å². The summed E-state index contributed by atoms with van der Waals surface area (Å²) >= 11 is 7.88. The van der Waals surface area contributed by atoms with E-state index in [1.165, 1.54) is 18.3 Å². The zero-order chi connectivity index (χ0) is 26.8. The molecular formula is C25H21ClFIN4O5. The zero-order valence-corrected chi connectivity index (χ0v) is 22.3. The Bertz CT molecular complexity index is 1300. The molecular weight excluding hydrogens is 618 g/mol. The van der Waals surface area contributed by atoms with E-state index in [1.54, 1.807) is 43.3 Å². The molecule has 0 unspecified atom stereocenters. The molecule has 37 heavy (non-hydrogen) atoms. The predicted octanol–water partition coefficient (Wildman–Crippen LogP) is 4.59. The molecule has 0 fully saturated rings. The van der Waals surface area contributed by atoms with E-state index in [2.05, 4.69) is 21.2 Å². The summed E-state index contributed by atoms with van der Waals surface area (Å²) in [5.74, 6) is -2.07. The number of benzene rings is 3. The Morgan fingerprint density at radius 1 is 0.973 bits per heavy atom. The normalized spacial score (nSPS) is 10.6. The van der Waals surface area contributed by atoms with E-state index < -0.39 is 17.6 Å². The largest absolute Gasteiger partial charge is 0.490 e. The van der Waals surface area contributed by atoms with Crippen LogP contribution in [-0.2, 0) is 14.4 Å². The van der Waals surface area contributed by atoms with E-state index in [0.717, 1.165) is 12.1 Å². The highest BCUT2D eigenvalue weighted by Gasteiger charge is 2.15. The molecule has 0 atom stereocenters. The SMILES string of the molecule is CCOc1cc(/C=N\NC(=O)C(=O)Nc2ccc(F)cc2)cc(I)c1OCC(=O)Nc1ccc(Cl)cc1. The number of carbonyl (C=O) groups is 3. The Morgan fingerprint density at radius 3 is 2.30 bits per heavy atom. The number of hydrogen-bond acceptors (Lipinski definition) is 6. The topological polar surface area (TPSA) is 118 Å². The van der Waals surface area contributed by atoms with E-state index >= 15 is 0 Å². The van der Waals surface area contributed by atoms with Crippen LogP contribution in [0.25, 0.3) is 0 Å². The van der Waals surface area contributed by atoms with Crippen LogP contribution in [0.2, 0.25) is 5.02 Å². The van der Waals surface area contributed by atoms with Gasteiger partial charge in [0.2, 0.25) is 0 Å². The van der Waals surface area contributed by atoms with Gasteiger partial charge in [0, 0.05) is 16.4 Å². The average Bonchev–Trinajstić information content (AvgIpc) is 2.86. The molecule has 0 saturated carbocycles. The fourth-order valence-corrected chi connectivity index (χ4v) is 3.78. The first-order valence-corrected chi connectivity index (χ1v) is 12.3. The minimum absolute atomic E-state index is 0.259. The lowest BCUT2D eigenvalue weighted by atomic mass is 10.2. The number of amides is 3. The minimum Gasteiger partial charge on any atom is -0.490 e. The predicted molar refractivity (Wildman–Crippen MR) is 147 cm³/mol. The Labute approximate surface area is 230 Å².